The van der Waals surface area contributed by atoms with Crippen LogP contribution in [0, 0.1) is 6.92 Å². The number of oxazole rings is 1. The number of nitrogen functional groups attached to an aromatic ring is 1. The van der Waals surface area contributed by atoms with Crippen LogP contribution in [0.2, 0.25) is 0 Å². The number of ether oxygens (including phenoxy) is 1. The van der Waals surface area contributed by atoms with Crippen LogP contribution in [0.1, 0.15) is 18.2 Å². The number of thioether (sulfide) groups is 1. The number of hydrogen-bond donors (Lipinski definition) is 1. The van der Waals surface area contributed by atoms with E-state index in [-0.39, 0.29) is 0 Å². The zero-order chi connectivity index (χ0) is 13.0. The first-order chi connectivity index (χ1) is 8.69. The van der Waals surface area contributed by atoms with Gasteiger partial charge in [0, 0.05) is 17.0 Å². The number of benzene rings is 1. The molecule has 2 rings (SSSR count). The average molecular weight is 264 g/mol. The molecule has 0 bridgehead atoms. The molecule has 0 unspecified atom stereocenters. The second-order valence-electron chi connectivity index (χ2n) is 3.84. The quantitative estimate of drug-likeness (QED) is 0.663. The van der Waals surface area contributed by atoms with E-state index in [0.717, 1.165) is 28.4 Å². The number of hydrogen-bond acceptors (Lipinski definition) is 5. The van der Waals surface area contributed by atoms with Gasteiger partial charge in [-0.1, -0.05) is 11.8 Å². The van der Waals surface area contributed by atoms with E-state index in [1.54, 1.807) is 6.26 Å². The van der Waals surface area contributed by atoms with Crippen molar-refractivity contribution in [3.05, 3.63) is 35.7 Å². The molecule has 2 aromatic rings. The van der Waals surface area contributed by atoms with Crippen molar-refractivity contribution >= 4 is 17.4 Å². The molecule has 0 amide bonds. The third-order valence-electron chi connectivity index (χ3n) is 2.33. The van der Waals surface area contributed by atoms with Crippen LogP contribution < -0.4 is 10.5 Å². The number of aryl methyl sites for hydroxylation is 1. The van der Waals surface area contributed by atoms with Crippen LogP contribution in [0.5, 0.6) is 5.75 Å². The van der Waals surface area contributed by atoms with Gasteiger partial charge in [-0.2, -0.15) is 0 Å². The molecule has 1 heterocycles. The number of nitrogens with two attached hydrogens (primary N) is 1. The van der Waals surface area contributed by atoms with Crippen LogP contribution in [0.4, 0.5) is 5.69 Å². The molecule has 0 spiro atoms. The smallest absolute Gasteiger partial charge is 0.256 e. The predicted molar refractivity (Wildman–Crippen MR) is 72.8 cm³/mol. The van der Waals surface area contributed by atoms with E-state index < -0.39 is 0 Å². The van der Waals surface area contributed by atoms with Crippen LogP contribution in [-0.2, 0) is 5.75 Å². The topological polar surface area (TPSA) is 61.3 Å². The largest absolute Gasteiger partial charge is 0.494 e. The van der Waals surface area contributed by atoms with Crippen molar-refractivity contribution in [3.63, 3.8) is 0 Å². The molecule has 1 aromatic heterocycles. The molecule has 0 aliphatic heterocycles. The molecule has 0 atom stereocenters. The minimum absolute atomic E-state index is 0.639. The lowest BCUT2D eigenvalue weighted by Gasteiger charge is -2.09. The van der Waals surface area contributed by atoms with Crippen LogP contribution in [0.3, 0.4) is 0 Å². The van der Waals surface area contributed by atoms with Gasteiger partial charge in [0.05, 0.1) is 12.3 Å². The van der Waals surface area contributed by atoms with E-state index in [2.05, 4.69) is 4.98 Å². The molecule has 1 aromatic carbocycles. The molecule has 0 fully saturated rings. The maximum atomic E-state index is 5.79. The fourth-order valence-corrected chi connectivity index (χ4v) is 2.38. The molecule has 5 heteroatoms. The fourth-order valence-electron chi connectivity index (χ4n) is 1.55. The number of aromatic nitrogens is 1. The van der Waals surface area contributed by atoms with Crippen molar-refractivity contribution in [1.82, 2.24) is 4.98 Å². The van der Waals surface area contributed by atoms with Gasteiger partial charge in [0.2, 0.25) is 0 Å². The van der Waals surface area contributed by atoms with Crippen molar-refractivity contribution in [2.24, 2.45) is 0 Å². The highest BCUT2D eigenvalue weighted by atomic mass is 32.2. The second-order valence-corrected chi connectivity index (χ2v) is 4.77. The van der Waals surface area contributed by atoms with E-state index in [9.17, 15) is 0 Å². The van der Waals surface area contributed by atoms with Gasteiger partial charge in [-0.15, -0.1) is 0 Å². The normalized spacial score (nSPS) is 10.6. The molecule has 0 saturated heterocycles. The van der Waals surface area contributed by atoms with Gasteiger partial charge in [0.15, 0.2) is 0 Å². The van der Waals surface area contributed by atoms with E-state index in [4.69, 9.17) is 14.9 Å². The van der Waals surface area contributed by atoms with Gasteiger partial charge < -0.3 is 14.9 Å². The van der Waals surface area contributed by atoms with E-state index >= 15 is 0 Å². The molecule has 96 valence electrons. The highest BCUT2D eigenvalue weighted by Crippen LogP contribution is 2.29. The predicted octanol–water partition coefficient (Wildman–Crippen LogP) is 3.26. The Morgan fingerprint density at radius 3 is 2.94 bits per heavy atom. The molecule has 0 radical (unpaired) electrons. The fraction of sp³-hybridized carbons (Fsp3) is 0.308. The van der Waals surface area contributed by atoms with Gasteiger partial charge in [-0.05, 0) is 32.0 Å². The van der Waals surface area contributed by atoms with Crippen LogP contribution >= 0.6 is 11.8 Å². The maximum Gasteiger partial charge on any atom is 0.256 e. The summed E-state index contributed by atoms with van der Waals surface area (Å²) < 4.78 is 10.9. The summed E-state index contributed by atoms with van der Waals surface area (Å²) in [5.41, 5.74) is 8.46. The van der Waals surface area contributed by atoms with Crippen LogP contribution in [0.15, 0.2) is 34.1 Å². The van der Waals surface area contributed by atoms with Gasteiger partial charge >= 0.3 is 0 Å². The Hall–Kier alpha value is -1.62. The van der Waals surface area contributed by atoms with Gasteiger partial charge in [0.25, 0.3) is 5.22 Å². The Bertz CT molecular complexity index is 525. The van der Waals surface area contributed by atoms with Crippen molar-refractivity contribution in [1.29, 1.82) is 0 Å². The lowest BCUT2D eigenvalue weighted by molar-refractivity contribution is 0.337. The van der Waals surface area contributed by atoms with Gasteiger partial charge in [-0.3, -0.25) is 0 Å². The molecule has 18 heavy (non-hydrogen) atoms. The first kappa shape index (κ1) is 12.8. The summed E-state index contributed by atoms with van der Waals surface area (Å²) in [4.78, 5) is 4.25. The summed E-state index contributed by atoms with van der Waals surface area (Å²) in [5, 5.41) is 0.664. The van der Waals surface area contributed by atoms with Crippen LogP contribution in [0.25, 0.3) is 0 Å². The molecule has 0 aliphatic rings. The average Bonchev–Trinajstić information content (AvgIpc) is 2.76. The maximum absolute atomic E-state index is 5.79. The van der Waals surface area contributed by atoms with Crippen molar-refractivity contribution < 1.29 is 9.15 Å². The minimum atomic E-state index is 0.639. The number of rotatable bonds is 5. The Balaban J connectivity index is 2.09. The summed E-state index contributed by atoms with van der Waals surface area (Å²) in [6.07, 6.45) is 1.64. The monoisotopic (exact) mass is 264 g/mol. The minimum Gasteiger partial charge on any atom is -0.494 e. The Kier molecular flexibility index (Phi) is 4.15. The lowest BCUT2D eigenvalue weighted by atomic mass is 10.2. The van der Waals surface area contributed by atoms with Crippen molar-refractivity contribution in [3.8, 4) is 5.75 Å². The van der Waals surface area contributed by atoms with E-state index in [1.807, 2.05) is 32.0 Å². The molecule has 0 aliphatic carbocycles. The number of anilines is 1. The Labute approximate surface area is 111 Å². The third-order valence-corrected chi connectivity index (χ3v) is 3.22. The Morgan fingerprint density at radius 1 is 1.44 bits per heavy atom. The number of nitrogens with zero attached hydrogens (tertiary/aromatic N) is 1. The third kappa shape index (κ3) is 3.20. The highest BCUT2D eigenvalue weighted by molar-refractivity contribution is 7.98. The zero-order valence-corrected chi connectivity index (χ0v) is 11.3. The molecular formula is C13H16N2O2S. The summed E-state index contributed by atoms with van der Waals surface area (Å²) in [7, 11) is 0. The lowest BCUT2D eigenvalue weighted by Crippen LogP contribution is -1.97. The summed E-state index contributed by atoms with van der Waals surface area (Å²) >= 11 is 1.53. The zero-order valence-electron chi connectivity index (χ0n) is 10.5. The van der Waals surface area contributed by atoms with Crippen molar-refractivity contribution in [2.75, 3.05) is 12.3 Å². The van der Waals surface area contributed by atoms with Crippen molar-refractivity contribution in [2.45, 2.75) is 24.8 Å². The summed E-state index contributed by atoms with van der Waals surface area (Å²) in [5.74, 6) is 1.59. The molecule has 4 nitrogen and oxygen atoms in total. The first-order valence-electron chi connectivity index (χ1n) is 5.75. The highest BCUT2D eigenvalue weighted by Gasteiger charge is 2.07. The SMILES string of the molecule is CCOc1ccc(N)cc1CSc1nc(C)co1. The Morgan fingerprint density at radius 2 is 2.28 bits per heavy atom. The van der Waals surface area contributed by atoms with E-state index in [0.29, 0.717) is 11.8 Å². The molecular weight excluding hydrogens is 248 g/mol. The summed E-state index contributed by atoms with van der Waals surface area (Å²) in [6, 6.07) is 5.66. The summed E-state index contributed by atoms with van der Waals surface area (Å²) in [6.45, 7) is 4.50. The van der Waals surface area contributed by atoms with Gasteiger partial charge in [0.1, 0.15) is 12.0 Å². The van der Waals surface area contributed by atoms with Gasteiger partial charge in [-0.25, -0.2) is 4.98 Å². The molecule has 0 saturated carbocycles. The second kappa shape index (κ2) is 5.82. The standard InChI is InChI=1S/C13H16N2O2S/c1-3-16-12-5-4-11(14)6-10(12)8-18-13-15-9(2)7-17-13/h4-7H,3,8,14H2,1-2H3. The first-order valence-corrected chi connectivity index (χ1v) is 6.73. The van der Waals surface area contributed by atoms with E-state index in [1.165, 1.54) is 11.8 Å². The molecule has 2 N–H and O–H groups in total. The van der Waals surface area contributed by atoms with Crippen LogP contribution in [-0.4, -0.2) is 11.6 Å².